The number of aldehydes is 1. The van der Waals surface area contributed by atoms with Crippen molar-refractivity contribution >= 4 is 12.3 Å². The molecule has 40 heavy (non-hydrogen) atoms. The van der Waals surface area contributed by atoms with E-state index in [1.165, 1.54) is 25.7 Å². The van der Waals surface area contributed by atoms with E-state index in [9.17, 15) is 14.7 Å². The Labute approximate surface area is 242 Å². The third-order valence-corrected chi connectivity index (χ3v) is 13.3. The molecule has 2 heterocycles. The van der Waals surface area contributed by atoms with Gasteiger partial charge in [0.2, 0.25) is 0 Å². The van der Waals surface area contributed by atoms with Crippen molar-refractivity contribution in [3.05, 3.63) is 11.6 Å². The topological polar surface area (TPSA) is 78.9 Å². The highest BCUT2D eigenvalue weighted by Crippen LogP contribution is 2.84. The fourth-order valence-corrected chi connectivity index (χ4v) is 11.6. The predicted octanol–water partition coefficient (Wildman–Crippen LogP) is 5.56. The van der Waals surface area contributed by atoms with Gasteiger partial charge < -0.3 is 24.9 Å². The molecule has 7 unspecified atom stereocenters. The van der Waals surface area contributed by atoms with Crippen molar-refractivity contribution in [1.29, 1.82) is 0 Å². The Bertz CT molecular complexity index is 1020. The summed E-state index contributed by atoms with van der Waals surface area (Å²) in [6, 6.07) is 0.605. The summed E-state index contributed by atoms with van der Waals surface area (Å²) in [5.41, 5.74) is -1.42. The number of unbranched alkanes of at least 4 members (excludes halogenated alkanes) is 1. The van der Waals surface area contributed by atoms with Gasteiger partial charge in [-0.3, -0.25) is 4.79 Å². The van der Waals surface area contributed by atoms with Gasteiger partial charge in [-0.1, -0.05) is 58.6 Å². The second kappa shape index (κ2) is 10.5. The quantitative estimate of drug-likeness (QED) is 0.272. The fraction of sp³-hybridized carbons (Fsp3) is 0.882. The molecule has 6 nitrogen and oxygen atoms in total. The van der Waals surface area contributed by atoms with Crippen molar-refractivity contribution in [2.45, 2.75) is 110 Å². The van der Waals surface area contributed by atoms with Crippen LogP contribution in [0.2, 0.25) is 0 Å². The Morgan fingerprint density at radius 2 is 1.98 bits per heavy atom. The Kier molecular flexibility index (Phi) is 7.56. The lowest BCUT2D eigenvalue weighted by atomic mass is 9.41. The van der Waals surface area contributed by atoms with Crippen LogP contribution >= 0.6 is 0 Å². The van der Waals surface area contributed by atoms with Gasteiger partial charge in [-0.15, -0.1) is 0 Å². The first kappa shape index (κ1) is 28.9. The molecule has 0 aromatic carbocycles. The first-order valence-corrected chi connectivity index (χ1v) is 16.7. The van der Waals surface area contributed by atoms with Crippen LogP contribution in [-0.2, 0) is 14.3 Å². The van der Waals surface area contributed by atoms with Gasteiger partial charge in [-0.25, -0.2) is 0 Å². The molecule has 0 spiro atoms. The van der Waals surface area contributed by atoms with E-state index in [-0.39, 0.29) is 30.0 Å². The number of fused-ring (bicyclic) bond motifs is 2. The van der Waals surface area contributed by atoms with Gasteiger partial charge in [0, 0.05) is 18.0 Å². The standard InChI is InChI=1S/C34H54N2O4/c1-6-7-8-23-15-30(40-29(23)19-36-13-11-25(35-5)12-14-36)33-18-26-22(4)9-10-27(26)32(20-37)17-24(33)16-28(21(2)3)34(32,33)31(38)39/h16,20-27,29-30,35H,6-15,17-19H2,1-5H3,(H,38,39)/t22-,23?,24?,26-,27-,29?,30?,32?,33?,34?/m1/s1. The molecule has 0 amide bonds. The minimum Gasteiger partial charge on any atom is -0.481 e. The maximum atomic E-state index is 13.9. The number of carbonyl (C=O) groups excluding carboxylic acids is 1. The maximum absolute atomic E-state index is 13.9. The number of nitrogens with zero attached hydrogens (tertiary/aromatic N) is 1. The Balaban J connectivity index is 1.40. The van der Waals surface area contributed by atoms with Crippen LogP contribution < -0.4 is 5.32 Å². The fourth-order valence-electron chi connectivity index (χ4n) is 11.6. The first-order chi connectivity index (χ1) is 19.2. The lowest BCUT2D eigenvalue weighted by Crippen LogP contribution is -2.65. The van der Waals surface area contributed by atoms with Crippen LogP contribution in [0.3, 0.4) is 0 Å². The van der Waals surface area contributed by atoms with Gasteiger partial charge in [0.15, 0.2) is 0 Å². The summed E-state index contributed by atoms with van der Waals surface area (Å²) < 4.78 is 7.27. The van der Waals surface area contributed by atoms with Crippen LogP contribution in [0.25, 0.3) is 0 Å². The van der Waals surface area contributed by atoms with Crippen LogP contribution in [0.15, 0.2) is 11.6 Å². The molecule has 4 aliphatic carbocycles. The molecule has 5 fully saturated rings. The van der Waals surface area contributed by atoms with Crippen LogP contribution in [-0.4, -0.2) is 67.2 Å². The normalized spacial score (nSPS) is 46.6. The minimum absolute atomic E-state index is 0.0987. The number of likely N-dealkylation sites (tertiary alicyclic amines) is 1. The number of carboxylic acid groups (broad SMARTS) is 1. The first-order valence-electron chi connectivity index (χ1n) is 16.7. The van der Waals surface area contributed by atoms with Crippen molar-refractivity contribution in [3.63, 3.8) is 0 Å². The average molecular weight is 555 g/mol. The number of hydrogen-bond acceptors (Lipinski definition) is 5. The van der Waals surface area contributed by atoms with Crippen molar-refractivity contribution < 1.29 is 19.4 Å². The highest BCUT2D eigenvalue weighted by molar-refractivity contribution is 5.90. The third kappa shape index (κ3) is 3.70. The zero-order valence-electron chi connectivity index (χ0n) is 25.7. The smallest absolute Gasteiger partial charge is 0.315 e. The largest absolute Gasteiger partial charge is 0.481 e. The molecule has 2 saturated heterocycles. The average Bonchev–Trinajstić information content (AvgIpc) is 3.65. The maximum Gasteiger partial charge on any atom is 0.315 e. The van der Waals surface area contributed by atoms with E-state index in [2.05, 4.69) is 51.0 Å². The van der Waals surface area contributed by atoms with E-state index in [4.69, 9.17) is 4.74 Å². The highest BCUT2D eigenvalue weighted by atomic mass is 16.5. The molecule has 4 bridgehead atoms. The number of carbonyl (C=O) groups is 2. The zero-order chi connectivity index (χ0) is 28.4. The number of hydrogen-bond donors (Lipinski definition) is 2. The predicted molar refractivity (Wildman–Crippen MR) is 157 cm³/mol. The molecule has 2 N–H and O–H groups in total. The molecule has 6 rings (SSSR count). The monoisotopic (exact) mass is 554 g/mol. The van der Waals surface area contributed by atoms with Crippen molar-refractivity contribution in [2.75, 3.05) is 26.7 Å². The molecule has 6 heteroatoms. The van der Waals surface area contributed by atoms with Gasteiger partial charge in [0.25, 0.3) is 0 Å². The van der Waals surface area contributed by atoms with E-state index in [0.29, 0.717) is 30.2 Å². The molecular weight excluding hydrogens is 500 g/mol. The highest BCUT2D eigenvalue weighted by Gasteiger charge is 2.86. The number of ether oxygens (including phenoxy) is 1. The number of carboxylic acids is 1. The molecule has 0 aromatic rings. The van der Waals surface area contributed by atoms with E-state index < -0.39 is 22.2 Å². The molecule has 0 aromatic heterocycles. The Morgan fingerprint density at radius 1 is 1.23 bits per heavy atom. The van der Waals surface area contributed by atoms with Crippen LogP contribution in [0.5, 0.6) is 0 Å². The van der Waals surface area contributed by atoms with Crippen molar-refractivity contribution in [3.8, 4) is 0 Å². The van der Waals surface area contributed by atoms with E-state index in [0.717, 1.165) is 63.6 Å². The molecule has 224 valence electrons. The molecular formula is C34H54N2O4. The van der Waals surface area contributed by atoms with E-state index in [1.54, 1.807) is 0 Å². The number of nitrogens with one attached hydrogen (secondary N) is 1. The van der Waals surface area contributed by atoms with Crippen LogP contribution in [0.4, 0.5) is 0 Å². The number of aliphatic carboxylic acids is 1. The number of allylic oxidation sites excluding steroid dienone is 1. The molecule has 3 saturated carbocycles. The zero-order valence-corrected chi connectivity index (χ0v) is 25.7. The Morgan fingerprint density at radius 3 is 2.60 bits per heavy atom. The van der Waals surface area contributed by atoms with Crippen LogP contribution in [0, 0.1) is 51.8 Å². The Hall–Kier alpha value is -1.24. The van der Waals surface area contributed by atoms with Gasteiger partial charge >= 0.3 is 5.97 Å². The summed E-state index contributed by atoms with van der Waals surface area (Å²) in [6.07, 6.45) is 14.1. The summed E-state index contributed by atoms with van der Waals surface area (Å²) in [5, 5.41) is 14.9. The molecule has 2 aliphatic heterocycles. The number of rotatable bonds is 10. The lowest BCUT2D eigenvalue weighted by molar-refractivity contribution is -0.197. The molecule has 6 aliphatic rings. The summed E-state index contributed by atoms with van der Waals surface area (Å²) in [4.78, 5) is 30.0. The second-order valence-electron chi connectivity index (χ2n) is 15.0. The second-order valence-corrected chi connectivity index (χ2v) is 15.0. The van der Waals surface area contributed by atoms with Crippen molar-refractivity contribution in [2.24, 2.45) is 51.8 Å². The summed E-state index contributed by atoms with van der Waals surface area (Å²) in [5.74, 6) is 1.07. The summed E-state index contributed by atoms with van der Waals surface area (Å²) >= 11 is 0. The third-order valence-electron chi connectivity index (χ3n) is 13.3. The SMILES string of the molecule is CCCCC1CC(C23C[C@@H]4[C@H](C)CC[C@H]4C4(C=O)CC2C=C(C(C)C)C34C(=O)O)OC1CN1CCC(NC)CC1. The number of piperidine rings is 1. The van der Waals surface area contributed by atoms with Gasteiger partial charge in [0.1, 0.15) is 11.7 Å². The summed E-state index contributed by atoms with van der Waals surface area (Å²) in [7, 11) is 2.07. The lowest BCUT2D eigenvalue weighted by Gasteiger charge is -2.60. The van der Waals surface area contributed by atoms with Crippen LogP contribution in [0.1, 0.15) is 91.9 Å². The van der Waals surface area contributed by atoms with Gasteiger partial charge in [-0.2, -0.15) is 0 Å². The summed E-state index contributed by atoms with van der Waals surface area (Å²) in [6.45, 7) is 12.0. The van der Waals surface area contributed by atoms with E-state index >= 15 is 0 Å². The molecule has 0 radical (unpaired) electrons. The van der Waals surface area contributed by atoms with Crippen molar-refractivity contribution in [1.82, 2.24) is 10.2 Å². The van der Waals surface area contributed by atoms with Gasteiger partial charge in [0.05, 0.1) is 17.6 Å². The van der Waals surface area contributed by atoms with E-state index in [1.807, 2.05) is 0 Å². The van der Waals surface area contributed by atoms with Gasteiger partial charge in [-0.05, 0) is 101 Å². The molecule has 10 atom stereocenters. The minimum atomic E-state index is -1.13.